The van der Waals surface area contributed by atoms with E-state index in [2.05, 4.69) is 31.9 Å². The van der Waals surface area contributed by atoms with Crippen molar-refractivity contribution in [3.63, 3.8) is 0 Å². The smallest absolute Gasteiger partial charge is 0.291 e. The van der Waals surface area contributed by atoms with Gasteiger partial charge in [-0.3, -0.25) is 14.4 Å². The maximum atomic E-state index is 12.5. The number of hydrogen-bond acceptors (Lipinski definition) is 4. The van der Waals surface area contributed by atoms with E-state index in [1.165, 1.54) is 6.92 Å². The molecule has 0 spiro atoms. The van der Waals surface area contributed by atoms with Crippen molar-refractivity contribution < 1.29 is 18.8 Å². The number of furan rings is 1. The first-order chi connectivity index (χ1) is 14.3. The molecule has 0 atom stereocenters. The van der Waals surface area contributed by atoms with E-state index >= 15 is 0 Å². The first-order valence-electron chi connectivity index (χ1n) is 9.14. The van der Waals surface area contributed by atoms with Crippen LogP contribution in [0.2, 0.25) is 0 Å². The predicted molar refractivity (Wildman–Crippen MR) is 119 cm³/mol. The van der Waals surface area contributed by atoms with Gasteiger partial charge in [-0.15, -0.1) is 0 Å². The van der Waals surface area contributed by atoms with Crippen LogP contribution in [0.3, 0.4) is 0 Å². The van der Waals surface area contributed by atoms with Crippen molar-refractivity contribution in [3.05, 3.63) is 76.2 Å². The highest BCUT2D eigenvalue weighted by Crippen LogP contribution is 2.23. The summed E-state index contributed by atoms with van der Waals surface area (Å²) in [5.74, 6) is -0.604. The molecule has 2 aromatic carbocycles. The maximum Gasteiger partial charge on any atom is 0.291 e. The van der Waals surface area contributed by atoms with Crippen LogP contribution < -0.4 is 16.0 Å². The maximum absolute atomic E-state index is 12.5. The van der Waals surface area contributed by atoms with Crippen LogP contribution in [0.15, 0.2) is 63.7 Å². The number of halogens is 1. The van der Waals surface area contributed by atoms with Crippen molar-refractivity contribution in [3.8, 4) is 0 Å². The van der Waals surface area contributed by atoms with Crippen LogP contribution in [0.4, 0.5) is 17.1 Å². The normalized spacial score (nSPS) is 10.4. The lowest BCUT2D eigenvalue weighted by atomic mass is 10.1. The zero-order valence-electron chi connectivity index (χ0n) is 16.4. The average Bonchev–Trinajstić information content (AvgIpc) is 3.12. The zero-order valence-corrected chi connectivity index (χ0v) is 18.0. The molecule has 0 aliphatic heterocycles. The second kappa shape index (κ2) is 9.41. The molecule has 30 heavy (non-hydrogen) atoms. The van der Waals surface area contributed by atoms with Gasteiger partial charge in [-0.1, -0.05) is 18.2 Å². The Morgan fingerprint density at radius 1 is 0.900 bits per heavy atom. The lowest BCUT2D eigenvalue weighted by Gasteiger charge is -2.12. The summed E-state index contributed by atoms with van der Waals surface area (Å²) in [4.78, 5) is 35.9. The van der Waals surface area contributed by atoms with Gasteiger partial charge in [0.2, 0.25) is 11.8 Å². The Bertz CT molecular complexity index is 1090. The van der Waals surface area contributed by atoms with Crippen LogP contribution in [0.5, 0.6) is 0 Å². The molecule has 0 aliphatic rings. The second-order valence-corrected chi connectivity index (χ2v) is 7.49. The molecule has 0 aliphatic carbocycles. The molecule has 0 bridgehead atoms. The van der Waals surface area contributed by atoms with E-state index in [1.54, 1.807) is 48.5 Å². The van der Waals surface area contributed by atoms with Crippen molar-refractivity contribution in [1.82, 2.24) is 0 Å². The molecule has 3 amide bonds. The van der Waals surface area contributed by atoms with Gasteiger partial charge in [-0.05, 0) is 70.4 Å². The molecule has 1 aromatic heterocycles. The van der Waals surface area contributed by atoms with Crippen molar-refractivity contribution >= 4 is 50.7 Å². The molecule has 154 valence electrons. The van der Waals surface area contributed by atoms with Gasteiger partial charge in [0.25, 0.3) is 5.91 Å². The topological polar surface area (TPSA) is 100 Å². The Balaban J connectivity index is 1.62. The number of aryl methyl sites for hydroxylation is 1. The monoisotopic (exact) mass is 469 g/mol. The second-order valence-electron chi connectivity index (χ2n) is 6.71. The Morgan fingerprint density at radius 2 is 1.63 bits per heavy atom. The molecule has 0 radical (unpaired) electrons. The fraction of sp³-hybridized carbons (Fsp3) is 0.136. The van der Waals surface area contributed by atoms with E-state index in [1.807, 2.05) is 13.0 Å². The van der Waals surface area contributed by atoms with Crippen LogP contribution in [-0.4, -0.2) is 17.7 Å². The summed E-state index contributed by atoms with van der Waals surface area (Å²) < 4.78 is 5.69. The number of benzene rings is 2. The molecule has 3 N–H and O–H groups in total. The fourth-order valence-corrected chi connectivity index (χ4v) is 3.08. The number of carbonyl (C=O) groups excluding carboxylic acids is 3. The Labute approximate surface area is 182 Å². The summed E-state index contributed by atoms with van der Waals surface area (Å²) in [6.45, 7) is 3.32. The lowest BCUT2D eigenvalue weighted by Crippen LogP contribution is -2.17. The number of amides is 3. The minimum Gasteiger partial charge on any atom is -0.444 e. The van der Waals surface area contributed by atoms with Gasteiger partial charge in [0.05, 0.1) is 17.8 Å². The third-order valence-electron chi connectivity index (χ3n) is 4.13. The standard InChI is InChI=1S/C22H20BrN3O4/c1-13-3-8-17(24-14(2)27)18(11-13)26-21(28)12-15-4-6-16(7-5-15)25-22(29)19-9-10-20(23)30-19/h3-11H,12H2,1-2H3,(H,24,27)(H,25,29)(H,26,28). The molecule has 0 saturated carbocycles. The highest BCUT2D eigenvalue weighted by molar-refractivity contribution is 9.10. The summed E-state index contributed by atoms with van der Waals surface area (Å²) in [7, 11) is 0. The summed E-state index contributed by atoms with van der Waals surface area (Å²) in [6.07, 6.45) is 0.146. The van der Waals surface area contributed by atoms with Gasteiger partial charge in [-0.25, -0.2) is 0 Å². The molecule has 8 heteroatoms. The van der Waals surface area contributed by atoms with Crippen LogP contribution in [0.25, 0.3) is 0 Å². The Hall–Kier alpha value is -3.39. The number of nitrogens with one attached hydrogen (secondary N) is 3. The zero-order chi connectivity index (χ0) is 21.7. The van der Waals surface area contributed by atoms with Crippen LogP contribution in [0.1, 0.15) is 28.6 Å². The van der Waals surface area contributed by atoms with Gasteiger partial charge < -0.3 is 20.4 Å². The van der Waals surface area contributed by atoms with Gasteiger partial charge in [0.15, 0.2) is 10.4 Å². The SMILES string of the molecule is CC(=O)Nc1ccc(C)cc1NC(=O)Cc1ccc(NC(=O)c2ccc(Br)o2)cc1. The molecule has 0 unspecified atom stereocenters. The van der Waals surface area contributed by atoms with Crippen LogP contribution >= 0.6 is 15.9 Å². The minimum absolute atomic E-state index is 0.146. The summed E-state index contributed by atoms with van der Waals surface area (Å²) in [6, 6.07) is 15.6. The third kappa shape index (κ3) is 5.81. The van der Waals surface area contributed by atoms with Gasteiger partial charge in [-0.2, -0.15) is 0 Å². The van der Waals surface area contributed by atoms with Gasteiger partial charge in [0.1, 0.15) is 0 Å². The Kier molecular flexibility index (Phi) is 6.68. The number of rotatable bonds is 6. The van der Waals surface area contributed by atoms with E-state index in [0.29, 0.717) is 21.7 Å². The molecule has 3 aromatic rings. The number of anilines is 3. The van der Waals surface area contributed by atoms with E-state index < -0.39 is 0 Å². The van der Waals surface area contributed by atoms with Crippen LogP contribution in [-0.2, 0) is 16.0 Å². The van der Waals surface area contributed by atoms with Crippen molar-refractivity contribution in [2.24, 2.45) is 0 Å². The van der Waals surface area contributed by atoms with E-state index in [-0.39, 0.29) is 29.9 Å². The number of carbonyl (C=O) groups is 3. The summed E-state index contributed by atoms with van der Waals surface area (Å²) in [5, 5.41) is 8.27. The molecular weight excluding hydrogens is 450 g/mol. The first-order valence-corrected chi connectivity index (χ1v) is 9.93. The van der Waals surface area contributed by atoms with E-state index in [4.69, 9.17) is 4.42 Å². The summed E-state index contributed by atoms with van der Waals surface area (Å²) >= 11 is 3.16. The highest BCUT2D eigenvalue weighted by atomic mass is 79.9. The van der Waals surface area contributed by atoms with Crippen molar-refractivity contribution in [1.29, 1.82) is 0 Å². The quantitative estimate of drug-likeness (QED) is 0.485. The molecule has 1 heterocycles. The fourth-order valence-electron chi connectivity index (χ4n) is 2.77. The Morgan fingerprint density at radius 3 is 2.27 bits per heavy atom. The van der Waals surface area contributed by atoms with E-state index in [0.717, 1.165) is 11.1 Å². The van der Waals surface area contributed by atoms with Gasteiger partial charge >= 0.3 is 0 Å². The van der Waals surface area contributed by atoms with Gasteiger partial charge in [0, 0.05) is 12.6 Å². The first kappa shape index (κ1) is 21.3. The molecule has 0 fully saturated rings. The molecule has 7 nitrogen and oxygen atoms in total. The predicted octanol–water partition coefficient (Wildman–Crippen LogP) is 4.74. The van der Waals surface area contributed by atoms with Crippen molar-refractivity contribution in [2.45, 2.75) is 20.3 Å². The molecule has 0 saturated heterocycles. The lowest BCUT2D eigenvalue weighted by molar-refractivity contribution is -0.116. The van der Waals surface area contributed by atoms with Crippen molar-refractivity contribution in [2.75, 3.05) is 16.0 Å². The molecular formula is C22H20BrN3O4. The average molecular weight is 470 g/mol. The highest BCUT2D eigenvalue weighted by Gasteiger charge is 2.12. The van der Waals surface area contributed by atoms with E-state index in [9.17, 15) is 14.4 Å². The largest absolute Gasteiger partial charge is 0.444 e. The molecule has 3 rings (SSSR count). The minimum atomic E-state index is -0.365. The van der Waals surface area contributed by atoms with Crippen LogP contribution in [0, 0.1) is 6.92 Å². The number of hydrogen-bond donors (Lipinski definition) is 3. The summed E-state index contributed by atoms with van der Waals surface area (Å²) in [5.41, 5.74) is 3.42. The third-order valence-corrected chi connectivity index (χ3v) is 4.56.